The molecule has 1 aromatic rings. The maximum absolute atomic E-state index is 15.3. The van der Waals surface area contributed by atoms with Gasteiger partial charge in [-0.15, -0.1) is 0 Å². The summed E-state index contributed by atoms with van der Waals surface area (Å²) in [4.78, 5) is 214. The molecule has 38 heteroatoms. The lowest BCUT2D eigenvalue weighted by atomic mass is 10.00. The number of rotatable bonds is 24. The number of aliphatic hydroxyl groups is 2. The fourth-order valence-corrected chi connectivity index (χ4v) is 10.7. The number of piperazine rings is 1. The number of hydrogen-bond donors (Lipinski definition) is 17. The van der Waals surface area contributed by atoms with Crippen molar-refractivity contribution in [1.29, 1.82) is 0 Å². The zero-order valence-corrected chi connectivity index (χ0v) is 67.5. The molecule has 2 aliphatic heterocycles. The first kappa shape index (κ1) is 95.4. The molecule has 2 fully saturated rings. The Bertz CT molecular complexity index is 3340. The standard InChI is InChI=1S/C73H122N16O22/c1-40(2)37-49-59(97)83-45(26-31-76-64(102)107-69(5,6)7)55(93)82-48(29-34-79-67(105)110-72(14,15)16)58(96)87-52(41(3)90)62(100)75-30-25-44(54(92)81-46(27-32-77-65(103)108-70(8,9)10)57(95)86-50(60(98)85-49)38-43-23-21-20-22-24-43)80-56(94)47(28-33-78-66(104)109-71(11,12)13)84-63(101)53(42(4)91)88-61(99)51-39-89(36-35-74-51)68(106)111-73(17,18)19/h20-24,40-42,44-53,74,90-91H,25-39H2,1-19H3,(H,75,100)(H,76,102)(H,77,103)(H,78,104)(H,79,105)(H,80,94)(H,81,92)(H,82,93)(H,83,97)(H,84,101)(H,85,98)(H,86,95)(H,87,96)(H,88,99)/t41-,42?,44-,45-,46-,47-,48-,49-,50+,51?,52-,53-/m0/s1. The van der Waals surface area contributed by atoms with Gasteiger partial charge in [-0.25, -0.2) is 24.0 Å². The van der Waals surface area contributed by atoms with Crippen molar-refractivity contribution < 1.29 is 106 Å². The van der Waals surface area contributed by atoms with E-state index in [0.717, 1.165) is 13.8 Å². The predicted octanol–water partition coefficient (Wildman–Crippen LogP) is -0.212. The van der Waals surface area contributed by atoms with Crippen LogP contribution in [0.25, 0.3) is 0 Å². The summed E-state index contributed by atoms with van der Waals surface area (Å²) < 4.78 is 27.0. The summed E-state index contributed by atoms with van der Waals surface area (Å²) in [6, 6.07) is -8.62. The maximum Gasteiger partial charge on any atom is 0.410 e. The lowest BCUT2D eigenvalue weighted by Gasteiger charge is -2.35. The minimum atomic E-state index is -1.91. The quantitative estimate of drug-likeness (QED) is 0.0595. The topological polar surface area (TPSA) is 526 Å². The Kier molecular flexibility index (Phi) is 37.5. The molecule has 1 aromatic carbocycles. The van der Waals surface area contributed by atoms with E-state index in [2.05, 4.69) is 79.8 Å². The Morgan fingerprint density at radius 1 is 0.495 bits per heavy atom. The zero-order valence-electron chi connectivity index (χ0n) is 67.5. The van der Waals surface area contributed by atoms with E-state index in [4.69, 9.17) is 23.7 Å². The van der Waals surface area contributed by atoms with Gasteiger partial charge >= 0.3 is 30.5 Å². The SMILES string of the molecule is CC(C)C[C@@H]1NC(=O)[C@@H](Cc2ccccc2)NC(=O)[C@H](CCNC(=O)OC(C)(C)C)NC(=O)[C@@H](NC(=O)[C@H](CCNC(=O)OC(C)(C)C)NC(=O)[C@@H](NC(=O)C2CN(C(=O)OC(C)(C)C)CCN2)C(C)O)CCNC(=O)[C@H]([C@H](C)O)NC(=O)[C@H](CCNC(=O)OC(C)(C)C)NC(=O)[C@H](CCNC(=O)OC(C)(C)C)NC1=O. The van der Waals surface area contributed by atoms with E-state index in [1.165, 1.54) is 4.90 Å². The molecule has 2 saturated heterocycles. The van der Waals surface area contributed by atoms with Gasteiger partial charge in [0.15, 0.2) is 0 Å². The van der Waals surface area contributed by atoms with Crippen LogP contribution in [-0.4, -0.2) is 258 Å². The van der Waals surface area contributed by atoms with Crippen molar-refractivity contribution >= 4 is 89.5 Å². The van der Waals surface area contributed by atoms with Crippen LogP contribution in [0.2, 0.25) is 0 Å². The molecule has 2 heterocycles. The summed E-state index contributed by atoms with van der Waals surface area (Å²) >= 11 is 0. The third kappa shape index (κ3) is 38.1. The molecule has 12 atom stereocenters. The Hall–Kier alpha value is -9.85. The highest BCUT2D eigenvalue weighted by molar-refractivity contribution is 5.99. The number of aliphatic hydroxyl groups excluding tert-OH is 2. The van der Waals surface area contributed by atoms with E-state index < -0.39 is 242 Å². The lowest BCUT2D eigenvalue weighted by molar-refractivity contribution is -0.136. The summed E-state index contributed by atoms with van der Waals surface area (Å²) in [7, 11) is 0. The second-order valence-electron chi connectivity index (χ2n) is 32.6. The zero-order chi connectivity index (χ0) is 84.1. The van der Waals surface area contributed by atoms with Crippen molar-refractivity contribution in [2.75, 3.05) is 52.4 Å². The number of ether oxygens (including phenoxy) is 5. The summed E-state index contributed by atoms with van der Waals surface area (Å²) in [6.07, 6.45) is -10.8. The minimum Gasteiger partial charge on any atom is -0.444 e. The van der Waals surface area contributed by atoms with Gasteiger partial charge in [0.25, 0.3) is 0 Å². The fraction of sp³-hybridized carbons (Fsp3) is 0.712. The first-order valence-electron chi connectivity index (χ1n) is 37.3. The van der Waals surface area contributed by atoms with Crippen molar-refractivity contribution in [2.45, 2.75) is 277 Å². The molecule has 2 unspecified atom stereocenters. The molecular weight excluding hydrogens is 1450 g/mol. The van der Waals surface area contributed by atoms with Crippen LogP contribution < -0.4 is 79.8 Å². The number of alkyl carbamates (subject to hydrolysis) is 4. The summed E-state index contributed by atoms with van der Waals surface area (Å²) in [6.45, 7) is 27.7. The van der Waals surface area contributed by atoms with E-state index in [0.29, 0.717) is 5.56 Å². The van der Waals surface area contributed by atoms with Crippen molar-refractivity contribution in [3.05, 3.63) is 35.9 Å². The molecule has 0 aromatic heterocycles. The van der Waals surface area contributed by atoms with Gasteiger partial charge in [0.2, 0.25) is 59.1 Å². The Morgan fingerprint density at radius 3 is 1.35 bits per heavy atom. The van der Waals surface area contributed by atoms with Crippen molar-refractivity contribution in [2.24, 2.45) is 5.92 Å². The van der Waals surface area contributed by atoms with Crippen molar-refractivity contribution in [1.82, 2.24) is 84.7 Å². The van der Waals surface area contributed by atoms with E-state index >= 15 is 19.2 Å². The van der Waals surface area contributed by atoms with Crippen LogP contribution in [-0.2, 0) is 78.1 Å². The van der Waals surface area contributed by atoms with Gasteiger partial charge in [0.1, 0.15) is 88.4 Å². The largest absolute Gasteiger partial charge is 0.444 e. The highest BCUT2D eigenvalue weighted by Crippen LogP contribution is 2.17. The molecule has 0 saturated carbocycles. The molecule has 17 N–H and O–H groups in total. The molecular formula is C73H122N16O22. The first-order chi connectivity index (χ1) is 51.3. The second-order valence-corrected chi connectivity index (χ2v) is 32.6. The Morgan fingerprint density at radius 2 is 0.910 bits per heavy atom. The van der Waals surface area contributed by atoms with Crippen LogP contribution in [0.5, 0.6) is 0 Å². The van der Waals surface area contributed by atoms with Crippen LogP contribution >= 0.6 is 0 Å². The third-order valence-electron chi connectivity index (χ3n) is 15.8. The molecule has 0 bridgehead atoms. The van der Waals surface area contributed by atoms with E-state index in [9.17, 15) is 63.0 Å². The van der Waals surface area contributed by atoms with Gasteiger partial charge in [-0.3, -0.25) is 47.9 Å². The summed E-state index contributed by atoms with van der Waals surface area (Å²) in [5, 5.41) is 60.8. The van der Waals surface area contributed by atoms with E-state index in [1.54, 1.807) is 148 Å². The number of nitrogens with one attached hydrogen (secondary N) is 15. The smallest absolute Gasteiger partial charge is 0.410 e. The number of hydrogen-bond acceptors (Lipinski definition) is 23. The fourth-order valence-electron chi connectivity index (χ4n) is 10.7. The molecule has 2 aliphatic rings. The predicted molar refractivity (Wildman–Crippen MR) is 403 cm³/mol. The van der Waals surface area contributed by atoms with Crippen molar-refractivity contribution in [3.63, 3.8) is 0 Å². The van der Waals surface area contributed by atoms with Crippen LogP contribution in [0.3, 0.4) is 0 Å². The number of benzene rings is 1. The molecule has 0 spiro atoms. The van der Waals surface area contributed by atoms with Gasteiger partial charge in [-0.05, 0) is 168 Å². The Balaban J connectivity index is 2.36. The van der Waals surface area contributed by atoms with Gasteiger partial charge in [-0.2, -0.15) is 0 Å². The van der Waals surface area contributed by atoms with E-state index in [1.807, 2.05) is 0 Å². The van der Waals surface area contributed by atoms with Crippen LogP contribution in [0.4, 0.5) is 24.0 Å². The summed E-state index contributed by atoms with van der Waals surface area (Å²) in [5.41, 5.74) is -4.38. The minimum absolute atomic E-state index is 0.112. The number of nitrogens with zero attached hydrogens (tertiary/aromatic N) is 1. The highest BCUT2D eigenvalue weighted by atomic mass is 16.6. The lowest BCUT2D eigenvalue weighted by Crippen LogP contribution is -2.64. The second kappa shape index (κ2) is 43.7. The van der Waals surface area contributed by atoms with Gasteiger partial charge in [0, 0.05) is 58.8 Å². The van der Waals surface area contributed by atoms with E-state index in [-0.39, 0.29) is 51.5 Å². The molecule has 38 nitrogen and oxygen atoms in total. The van der Waals surface area contributed by atoms with Crippen molar-refractivity contribution in [3.8, 4) is 0 Å². The van der Waals surface area contributed by atoms with Crippen LogP contribution in [0.1, 0.15) is 176 Å². The molecule has 3 rings (SSSR count). The summed E-state index contributed by atoms with van der Waals surface area (Å²) in [5.74, 6) is -11.2. The Labute approximate surface area is 648 Å². The van der Waals surface area contributed by atoms with Crippen LogP contribution in [0.15, 0.2) is 30.3 Å². The highest BCUT2D eigenvalue weighted by Gasteiger charge is 2.40. The normalized spacial score (nSPS) is 21.6. The average molecular weight is 1580 g/mol. The molecule has 111 heavy (non-hydrogen) atoms. The van der Waals surface area contributed by atoms with Gasteiger partial charge in [0.05, 0.1) is 12.2 Å². The maximum atomic E-state index is 15.3. The number of carbonyl (C=O) groups is 15. The monoisotopic (exact) mass is 1570 g/mol. The molecule has 0 aliphatic carbocycles. The van der Waals surface area contributed by atoms with Gasteiger partial charge in [-0.1, -0.05) is 44.2 Å². The number of amides is 15. The first-order valence-corrected chi connectivity index (χ1v) is 37.3. The number of carbonyl (C=O) groups excluding carboxylic acids is 15. The van der Waals surface area contributed by atoms with Gasteiger partial charge < -0.3 is 119 Å². The molecule has 15 amide bonds. The molecule has 626 valence electrons. The van der Waals surface area contributed by atoms with Crippen LogP contribution in [0, 0.1) is 5.92 Å². The molecule has 0 radical (unpaired) electrons. The third-order valence-corrected chi connectivity index (χ3v) is 15.8. The average Bonchev–Trinajstić information content (AvgIpc) is 1.07.